The number of anilines is 2. The Morgan fingerprint density at radius 1 is 1.28 bits per heavy atom. The Kier molecular flexibility index (Phi) is 3.28. The van der Waals surface area contributed by atoms with Crippen LogP contribution in [0.5, 0.6) is 0 Å². The van der Waals surface area contributed by atoms with Crippen molar-refractivity contribution in [3.8, 4) is 0 Å². The van der Waals surface area contributed by atoms with Gasteiger partial charge in [-0.05, 0) is 43.7 Å². The van der Waals surface area contributed by atoms with E-state index in [0.29, 0.717) is 16.9 Å². The molecule has 0 saturated carbocycles. The number of nitrogens with one attached hydrogen (secondary N) is 1. The number of benzene rings is 1. The second-order valence-electron chi connectivity index (χ2n) is 4.16. The first-order valence-electron chi connectivity index (χ1n) is 5.67. The summed E-state index contributed by atoms with van der Waals surface area (Å²) in [7, 11) is 0. The summed E-state index contributed by atoms with van der Waals surface area (Å²) in [5.74, 6) is -0.183. The minimum Gasteiger partial charge on any atom is -0.398 e. The van der Waals surface area contributed by atoms with E-state index < -0.39 is 0 Å². The Morgan fingerprint density at radius 2 is 2.06 bits per heavy atom. The van der Waals surface area contributed by atoms with Crippen LogP contribution in [-0.2, 0) is 0 Å². The van der Waals surface area contributed by atoms with Crippen molar-refractivity contribution in [2.45, 2.75) is 13.8 Å². The summed E-state index contributed by atoms with van der Waals surface area (Å²) in [6, 6.07) is 8.87. The number of nitrogen functional groups attached to an aromatic ring is 1. The number of nitrogens with two attached hydrogens (primary N) is 1. The first kappa shape index (κ1) is 12.1. The summed E-state index contributed by atoms with van der Waals surface area (Å²) in [6.07, 6.45) is 1.69. The third kappa shape index (κ3) is 2.48. The summed E-state index contributed by atoms with van der Waals surface area (Å²) < 4.78 is 0. The fourth-order valence-corrected chi connectivity index (χ4v) is 1.59. The Balaban J connectivity index is 2.22. The molecular formula is C14H15N3O. The molecule has 0 bridgehead atoms. The second-order valence-corrected chi connectivity index (χ2v) is 4.16. The standard InChI is InChI=1S/C14H15N3O/c1-9-5-6-11(8-12(9)15)14(18)17-13-4-3-7-16-10(13)2/h3-8H,15H2,1-2H3,(H,17,18). The molecule has 1 heterocycles. The number of nitrogens with zero attached hydrogens (tertiary/aromatic N) is 1. The Labute approximate surface area is 106 Å². The van der Waals surface area contributed by atoms with Crippen molar-refractivity contribution in [3.63, 3.8) is 0 Å². The van der Waals surface area contributed by atoms with Gasteiger partial charge in [-0.3, -0.25) is 9.78 Å². The van der Waals surface area contributed by atoms with Gasteiger partial charge in [-0.2, -0.15) is 0 Å². The fourth-order valence-electron chi connectivity index (χ4n) is 1.59. The lowest BCUT2D eigenvalue weighted by atomic mass is 10.1. The minimum atomic E-state index is -0.183. The van der Waals surface area contributed by atoms with Gasteiger partial charge in [-0.15, -0.1) is 0 Å². The van der Waals surface area contributed by atoms with Gasteiger partial charge in [0.1, 0.15) is 0 Å². The first-order chi connectivity index (χ1) is 8.58. The molecule has 0 fully saturated rings. The predicted molar refractivity (Wildman–Crippen MR) is 72.5 cm³/mol. The summed E-state index contributed by atoms with van der Waals surface area (Å²) in [5, 5.41) is 2.82. The number of aryl methyl sites for hydroxylation is 2. The van der Waals surface area contributed by atoms with Gasteiger partial charge in [0, 0.05) is 17.4 Å². The lowest BCUT2D eigenvalue weighted by Crippen LogP contribution is -2.13. The average molecular weight is 241 g/mol. The molecule has 1 aromatic heterocycles. The zero-order chi connectivity index (χ0) is 13.1. The van der Waals surface area contributed by atoms with E-state index in [1.54, 1.807) is 24.4 Å². The maximum atomic E-state index is 12.0. The fraction of sp³-hybridized carbons (Fsp3) is 0.143. The lowest BCUT2D eigenvalue weighted by molar-refractivity contribution is 0.102. The van der Waals surface area contributed by atoms with Crippen LogP contribution < -0.4 is 11.1 Å². The molecule has 0 saturated heterocycles. The number of carbonyl (C=O) groups is 1. The SMILES string of the molecule is Cc1ccc(C(=O)Nc2cccnc2C)cc1N. The molecule has 1 amide bonds. The number of pyridine rings is 1. The van der Waals surface area contributed by atoms with E-state index >= 15 is 0 Å². The van der Waals surface area contributed by atoms with Crippen molar-refractivity contribution in [1.29, 1.82) is 0 Å². The maximum absolute atomic E-state index is 12.0. The molecule has 0 radical (unpaired) electrons. The molecule has 3 N–H and O–H groups in total. The molecule has 0 aliphatic heterocycles. The summed E-state index contributed by atoms with van der Waals surface area (Å²) in [6.45, 7) is 3.75. The molecular weight excluding hydrogens is 226 g/mol. The summed E-state index contributed by atoms with van der Waals surface area (Å²) in [5.41, 5.74) is 9.40. The molecule has 0 spiro atoms. The third-order valence-corrected chi connectivity index (χ3v) is 2.80. The van der Waals surface area contributed by atoms with Crippen LogP contribution in [0.1, 0.15) is 21.6 Å². The van der Waals surface area contributed by atoms with E-state index in [2.05, 4.69) is 10.3 Å². The molecule has 2 rings (SSSR count). The number of carbonyl (C=O) groups excluding carboxylic acids is 1. The van der Waals surface area contributed by atoms with Gasteiger partial charge in [0.2, 0.25) is 0 Å². The number of rotatable bonds is 2. The molecule has 2 aromatic rings. The highest BCUT2D eigenvalue weighted by atomic mass is 16.1. The van der Waals surface area contributed by atoms with Gasteiger partial charge >= 0.3 is 0 Å². The van der Waals surface area contributed by atoms with Crippen molar-refractivity contribution in [1.82, 2.24) is 4.98 Å². The monoisotopic (exact) mass is 241 g/mol. The minimum absolute atomic E-state index is 0.183. The molecule has 92 valence electrons. The molecule has 4 nitrogen and oxygen atoms in total. The third-order valence-electron chi connectivity index (χ3n) is 2.80. The van der Waals surface area contributed by atoms with Gasteiger partial charge in [0.15, 0.2) is 0 Å². The molecule has 1 aromatic carbocycles. The van der Waals surface area contributed by atoms with Crippen molar-refractivity contribution in [2.24, 2.45) is 0 Å². The van der Waals surface area contributed by atoms with Crippen LogP contribution in [0.15, 0.2) is 36.5 Å². The first-order valence-corrected chi connectivity index (χ1v) is 5.67. The van der Waals surface area contributed by atoms with E-state index in [1.807, 2.05) is 26.0 Å². The number of aromatic nitrogens is 1. The lowest BCUT2D eigenvalue weighted by Gasteiger charge is -2.08. The van der Waals surface area contributed by atoms with Crippen molar-refractivity contribution < 1.29 is 4.79 Å². The van der Waals surface area contributed by atoms with Crippen molar-refractivity contribution >= 4 is 17.3 Å². The number of hydrogen-bond acceptors (Lipinski definition) is 3. The highest BCUT2D eigenvalue weighted by Crippen LogP contribution is 2.16. The highest BCUT2D eigenvalue weighted by molar-refractivity contribution is 6.05. The van der Waals surface area contributed by atoms with Gasteiger partial charge < -0.3 is 11.1 Å². The van der Waals surface area contributed by atoms with Crippen LogP contribution in [0.25, 0.3) is 0 Å². The van der Waals surface area contributed by atoms with Crippen molar-refractivity contribution in [2.75, 3.05) is 11.1 Å². The Morgan fingerprint density at radius 3 is 2.72 bits per heavy atom. The van der Waals surface area contributed by atoms with Crippen LogP contribution in [0.2, 0.25) is 0 Å². The normalized spacial score (nSPS) is 10.1. The molecule has 0 aliphatic rings. The molecule has 0 unspecified atom stereocenters. The molecule has 0 aliphatic carbocycles. The zero-order valence-electron chi connectivity index (χ0n) is 10.4. The average Bonchev–Trinajstić information content (AvgIpc) is 2.35. The van der Waals surface area contributed by atoms with Crippen LogP contribution >= 0.6 is 0 Å². The molecule has 18 heavy (non-hydrogen) atoms. The van der Waals surface area contributed by atoms with E-state index in [4.69, 9.17) is 5.73 Å². The Hall–Kier alpha value is -2.36. The zero-order valence-corrected chi connectivity index (χ0v) is 10.4. The topological polar surface area (TPSA) is 68.0 Å². The van der Waals surface area contributed by atoms with Gasteiger partial charge in [0.05, 0.1) is 11.4 Å². The van der Waals surface area contributed by atoms with E-state index in [-0.39, 0.29) is 5.91 Å². The van der Waals surface area contributed by atoms with Crippen LogP contribution in [-0.4, -0.2) is 10.9 Å². The van der Waals surface area contributed by atoms with E-state index in [0.717, 1.165) is 11.3 Å². The predicted octanol–water partition coefficient (Wildman–Crippen LogP) is 2.53. The van der Waals surface area contributed by atoms with Crippen LogP contribution in [0.3, 0.4) is 0 Å². The Bertz CT molecular complexity index is 593. The summed E-state index contributed by atoms with van der Waals surface area (Å²) in [4.78, 5) is 16.2. The number of amides is 1. The second kappa shape index (κ2) is 4.87. The van der Waals surface area contributed by atoms with Gasteiger partial charge in [0.25, 0.3) is 5.91 Å². The summed E-state index contributed by atoms with van der Waals surface area (Å²) >= 11 is 0. The van der Waals surface area contributed by atoms with Gasteiger partial charge in [-0.25, -0.2) is 0 Å². The van der Waals surface area contributed by atoms with Crippen LogP contribution in [0, 0.1) is 13.8 Å². The molecule has 0 atom stereocenters. The highest BCUT2D eigenvalue weighted by Gasteiger charge is 2.08. The van der Waals surface area contributed by atoms with Gasteiger partial charge in [-0.1, -0.05) is 6.07 Å². The maximum Gasteiger partial charge on any atom is 0.255 e. The van der Waals surface area contributed by atoms with E-state index in [1.165, 1.54) is 0 Å². The number of hydrogen-bond donors (Lipinski definition) is 2. The quantitative estimate of drug-likeness (QED) is 0.794. The van der Waals surface area contributed by atoms with E-state index in [9.17, 15) is 4.79 Å². The largest absolute Gasteiger partial charge is 0.398 e. The smallest absolute Gasteiger partial charge is 0.255 e. The van der Waals surface area contributed by atoms with Crippen molar-refractivity contribution in [3.05, 3.63) is 53.3 Å². The van der Waals surface area contributed by atoms with Crippen LogP contribution in [0.4, 0.5) is 11.4 Å². The molecule has 4 heteroatoms.